The summed E-state index contributed by atoms with van der Waals surface area (Å²) in [6, 6.07) is 13.1. The standard InChI is InChI=1S/C30H33N3O6/c1-36-25-15-19(16-26(37-2)28(25)38-3)13-14-39-27-12-10-21(18-31-27)29-32-23-17-20(30(34)35)9-11-24(23)33(29)22-7-5-4-6-8-22/h9-12,15-18,22H,4-8,13-14H2,1-3H3,(H,34,35). The van der Waals surface area contributed by atoms with E-state index in [2.05, 4.69) is 9.55 Å². The average Bonchev–Trinajstić information content (AvgIpc) is 3.36. The zero-order valence-corrected chi connectivity index (χ0v) is 22.5. The number of fused-ring (bicyclic) bond motifs is 1. The predicted molar refractivity (Wildman–Crippen MR) is 147 cm³/mol. The van der Waals surface area contributed by atoms with Gasteiger partial charge in [-0.2, -0.15) is 0 Å². The Morgan fingerprint density at radius 3 is 2.33 bits per heavy atom. The van der Waals surface area contributed by atoms with Gasteiger partial charge in [0.1, 0.15) is 5.82 Å². The van der Waals surface area contributed by atoms with Crippen LogP contribution in [0.25, 0.3) is 22.4 Å². The first-order chi connectivity index (χ1) is 19.0. The van der Waals surface area contributed by atoms with E-state index in [0.717, 1.165) is 35.3 Å². The lowest BCUT2D eigenvalue weighted by Gasteiger charge is -2.25. The first kappa shape index (κ1) is 26.3. The van der Waals surface area contributed by atoms with Crippen molar-refractivity contribution in [2.24, 2.45) is 0 Å². The summed E-state index contributed by atoms with van der Waals surface area (Å²) >= 11 is 0. The number of carboxylic acid groups (broad SMARTS) is 1. The van der Waals surface area contributed by atoms with Crippen LogP contribution < -0.4 is 18.9 Å². The molecule has 204 valence electrons. The van der Waals surface area contributed by atoms with Gasteiger partial charge in [0.15, 0.2) is 11.5 Å². The highest BCUT2D eigenvalue weighted by molar-refractivity contribution is 5.93. The Morgan fingerprint density at radius 2 is 1.72 bits per heavy atom. The smallest absolute Gasteiger partial charge is 0.335 e. The number of hydrogen-bond acceptors (Lipinski definition) is 7. The van der Waals surface area contributed by atoms with E-state index < -0.39 is 5.97 Å². The molecule has 0 atom stereocenters. The highest BCUT2D eigenvalue weighted by Gasteiger charge is 2.23. The molecule has 1 aliphatic rings. The lowest BCUT2D eigenvalue weighted by atomic mass is 9.95. The van der Waals surface area contributed by atoms with Gasteiger partial charge < -0.3 is 28.6 Å². The number of rotatable bonds is 10. The highest BCUT2D eigenvalue weighted by Crippen LogP contribution is 2.39. The van der Waals surface area contributed by atoms with Gasteiger partial charge in [-0.25, -0.2) is 14.8 Å². The number of ether oxygens (including phenoxy) is 4. The summed E-state index contributed by atoms with van der Waals surface area (Å²) < 4.78 is 24.5. The molecule has 4 aromatic rings. The quantitative estimate of drug-likeness (QED) is 0.268. The van der Waals surface area contributed by atoms with E-state index in [0.29, 0.717) is 47.7 Å². The summed E-state index contributed by atoms with van der Waals surface area (Å²) in [5, 5.41) is 9.46. The third kappa shape index (κ3) is 5.48. The molecule has 2 aromatic heterocycles. The fourth-order valence-electron chi connectivity index (χ4n) is 5.30. The van der Waals surface area contributed by atoms with Crippen molar-refractivity contribution in [3.05, 3.63) is 59.8 Å². The van der Waals surface area contributed by atoms with Gasteiger partial charge in [0.25, 0.3) is 0 Å². The monoisotopic (exact) mass is 531 g/mol. The zero-order valence-electron chi connectivity index (χ0n) is 22.5. The van der Waals surface area contributed by atoms with Crippen LogP contribution in [0, 0.1) is 0 Å². The first-order valence-electron chi connectivity index (χ1n) is 13.2. The van der Waals surface area contributed by atoms with Crippen molar-refractivity contribution in [3.8, 4) is 34.5 Å². The molecule has 1 aliphatic carbocycles. The minimum Gasteiger partial charge on any atom is -0.493 e. The van der Waals surface area contributed by atoms with Gasteiger partial charge in [0.2, 0.25) is 11.6 Å². The third-order valence-corrected chi connectivity index (χ3v) is 7.24. The molecule has 0 spiro atoms. The van der Waals surface area contributed by atoms with Gasteiger partial charge in [0.05, 0.1) is 44.5 Å². The third-order valence-electron chi connectivity index (χ3n) is 7.24. The van der Waals surface area contributed by atoms with Crippen LogP contribution in [-0.4, -0.2) is 53.5 Å². The maximum atomic E-state index is 11.5. The molecule has 9 heteroatoms. The van der Waals surface area contributed by atoms with Crippen LogP contribution in [0.4, 0.5) is 0 Å². The topological polar surface area (TPSA) is 105 Å². The molecule has 0 amide bonds. The molecule has 0 aliphatic heterocycles. The Hall–Kier alpha value is -4.27. The van der Waals surface area contributed by atoms with E-state index in [-0.39, 0.29) is 5.56 Å². The van der Waals surface area contributed by atoms with Crippen LogP contribution in [-0.2, 0) is 6.42 Å². The lowest BCUT2D eigenvalue weighted by molar-refractivity contribution is 0.0697. The van der Waals surface area contributed by atoms with E-state index in [1.165, 1.54) is 19.3 Å². The summed E-state index contributed by atoms with van der Waals surface area (Å²) in [5.74, 6) is 2.12. The number of aromatic carboxylic acids is 1. The lowest BCUT2D eigenvalue weighted by Crippen LogP contribution is -2.14. The van der Waals surface area contributed by atoms with Crippen LogP contribution in [0.15, 0.2) is 48.7 Å². The Labute approximate surface area is 227 Å². The van der Waals surface area contributed by atoms with Crippen molar-refractivity contribution in [1.82, 2.24) is 14.5 Å². The zero-order chi connectivity index (χ0) is 27.4. The average molecular weight is 532 g/mol. The SMILES string of the molecule is COc1cc(CCOc2ccc(-c3nc4cc(C(=O)O)ccc4n3C3CCCCC3)cn2)cc(OC)c1OC. The molecule has 39 heavy (non-hydrogen) atoms. The Balaban J connectivity index is 1.35. The van der Waals surface area contributed by atoms with Gasteiger partial charge in [0, 0.05) is 30.3 Å². The Morgan fingerprint density at radius 1 is 0.974 bits per heavy atom. The second-order valence-corrected chi connectivity index (χ2v) is 9.62. The first-order valence-corrected chi connectivity index (χ1v) is 13.2. The highest BCUT2D eigenvalue weighted by atomic mass is 16.5. The summed E-state index contributed by atoms with van der Waals surface area (Å²) in [7, 11) is 4.77. The number of carboxylic acids is 1. The molecule has 1 N–H and O–H groups in total. The van der Waals surface area contributed by atoms with Gasteiger partial charge >= 0.3 is 5.97 Å². The molecule has 2 heterocycles. The van der Waals surface area contributed by atoms with Crippen molar-refractivity contribution in [3.63, 3.8) is 0 Å². The van der Waals surface area contributed by atoms with Gasteiger partial charge in [-0.15, -0.1) is 0 Å². The Kier molecular flexibility index (Phi) is 7.86. The van der Waals surface area contributed by atoms with E-state index in [1.807, 2.05) is 30.3 Å². The minimum absolute atomic E-state index is 0.233. The van der Waals surface area contributed by atoms with Crippen LogP contribution in [0.1, 0.15) is 54.1 Å². The fourth-order valence-corrected chi connectivity index (χ4v) is 5.30. The number of benzene rings is 2. The summed E-state index contributed by atoms with van der Waals surface area (Å²) in [4.78, 5) is 20.9. The van der Waals surface area contributed by atoms with E-state index in [4.69, 9.17) is 23.9 Å². The number of nitrogens with zero attached hydrogens (tertiary/aromatic N) is 3. The van der Waals surface area contributed by atoms with E-state index in [1.54, 1.807) is 39.7 Å². The molecular weight excluding hydrogens is 498 g/mol. The molecule has 0 saturated heterocycles. The number of carbonyl (C=O) groups is 1. The van der Waals surface area contributed by atoms with Crippen molar-refractivity contribution >= 4 is 17.0 Å². The molecule has 1 fully saturated rings. The number of hydrogen-bond donors (Lipinski definition) is 1. The normalized spacial score (nSPS) is 13.8. The van der Waals surface area contributed by atoms with Crippen LogP contribution in [0.3, 0.4) is 0 Å². The molecule has 5 rings (SSSR count). The number of pyridine rings is 1. The number of imidazole rings is 1. The Bertz CT molecular complexity index is 1430. The fraction of sp³-hybridized carbons (Fsp3) is 0.367. The van der Waals surface area contributed by atoms with Crippen molar-refractivity contribution in [2.45, 2.75) is 44.6 Å². The molecule has 0 unspecified atom stereocenters. The number of methoxy groups -OCH3 is 3. The second-order valence-electron chi connectivity index (χ2n) is 9.62. The molecule has 0 radical (unpaired) electrons. The summed E-state index contributed by atoms with van der Waals surface area (Å²) in [6.07, 6.45) is 8.15. The van der Waals surface area contributed by atoms with E-state index >= 15 is 0 Å². The summed E-state index contributed by atoms with van der Waals surface area (Å²) in [6.45, 7) is 0.420. The maximum Gasteiger partial charge on any atom is 0.335 e. The number of aromatic nitrogens is 3. The largest absolute Gasteiger partial charge is 0.493 e. The van der Waals surface area contributed by atoms with Crippen LogP contribution in [0.5, 0.6) is 23.1 Å². The van der Waals surface area contributed by atoms with Crippen molar-refractivity contribution < 1.29 is 28.8 Å². The molecule has 1 saturated carbocycles. The molecule has 2 aromatic carbocycles. The molecular formula is C30H33N3O6. The predicted octanol–water partition coefficient (Wildman–Crippen LogP) is 5.95. The molecule has 9 nitrogen and oxygen atoms in total. The van der Waals surface area contributed by atoms with Gasteiger partial charge in [-0.1, -0.05) is 19.3 Å². The van der Waals surface area contributed by atoms with Crippen molar-refractivity contribution in [1.29, 1.82) is 0 Å². The van der Waals surface area contributed by atoms with Crippen LogP contribution in [0.2, 0.25) is 0 Å². The van der Waals surface area contributed by atoms with Crippen molar-refractivity contribution in [2.75, 3.05) is 27.9 Å². The van der Waals surface area contributed by atoms with Gasteiger partial charge in [-0.05, 0) is 54.8 Å². The second kappa shape index (κ2) is 11.6. The van der Waals surface area contributed by atoms with E-state index in [9.17, 15) is 9.90 Å². The molecule has 0 bridgehead atoms. The van der Waals surface area contributed by atoms with Crippen LogP contribution >= 0.6 is 0 Å². The summed E-state index contributed by atoms with van der Waals surface area (Å²) in [5.41, 5.74) is 3.72. The van der Waals surface area contributed by atoms with Gasteiger partial charge in [-0.3, -0.25) is 0 Å². The minimum atomic E-state index is -0.958. The maximum absolute atomic E-state index is 11.5.